The number of pyridine rings is 1. The summed E-state index contributed by atoms with van der Waals surface area (Å²) in [6.45, 7) is 6.05. The number of nitrogens with zero attached hydrogens (tertiary/aromatic N) is 4. The van der Waals surface area contributed by atoms with Gasteiger partial charge in [-0.1, -0.05) is 47.6 Å². The minimum Gasteiger partial charge on any atom is -0.403 e. The van der Waals surface area contributed by atoms with Gasteiger partial charge in [0.15, 0.2) is 6.04 Å². The lowest BCUT2D eigenvalue weighted by atomic mass is 10.1. The van der Waals surface area contributed by atoms with Gasteiger partial charge in [0.2, 0.25) is 10.9 Å². The molecule has 0 bridgehead atoms. The number of ketones is 1. The maximum Gasteiger partial charge on any atom is 0.316 e. The molecular weight excluding hydrogens is 530 g/mol. The molecule has 5 rings (SSSR count). The molecule has 0 saturated carbocycles. The van der Waals surface area contributed by atoms with Crippen LogP contribution in [0, 0.1) is 0 Å². The first kappa shape index (κ1) is 26.7. The maximum absolute atomic E-state index is 13.1. The van der Waals surface area contributed by atoms with Crippen molar-refractivity contribution in [1.82, 2.24) is 15.2 Å². The molecule has 0 aliphatic carbocycles. The Morgan fingerprint density at radius 3 is 2.51 bits per heavy atom. The molecule has 2 aromatic heterocycles. The minimum atomic E-state index is -1.09. The zero-order chi connectivity index (χ0) is 27.2. The van der Waals surface area contributed by atoms with E-state index >= 15 is 0 Å². The average molecular weight is 558 g/mol. The van der Waals surface area contributed by atoms with Crippen LogP contribution in [0.15, 0.2) is 87.3 Å². The van der Waals surface area contributed by atoms with Crippen molar-refractivity contribution in [3.8, 4) is 11.5 Å². The van der Waals surface area contributed by atoms with Crippen LogP contribution in [0.2, 0.25) is 0 Å². The molecule has 1 aliphatic heterocycles. The van der Waals surface area contributed by atoms with Crippen LogP contribution in [0.5, 0.6) is 0 Å². The standard InChI is InChI=1S/C29H27N5O3S2/c1-3-34(4-2)21-14-12-19(13-15-21)17-23-25(35)24(28(36)39-23)31-29-33-32-26(37-29)22-11-8-16-30-27(22)38-18-20-9-6-5-7-10-20/h5-17,24H,3-4,18H2,1-2H3,(H,31,33)/b23-17-. The second kappa shape index (κ2) is 12.3. The molecule has 198 valence electrons. The van der Waals surface area contributed by atoms with Crippen molar-refractivity contribution in [2.24, 2.45) is 0 Å². The average Bonchev–Trinajstić information content (AvgIpc) is 3.54. The van der Waals surface area contributed by atoms with Gasteiger partial charge in [0.25, 0.3) is 5.89 Å². The van der Waals surface area contributed by atoms with Crippen LogP contribution < -0.4 is 10.2 Å². The second-order valence-electron chi connectivity index (χ2n) is 8.68. The van der Waals surface area contributed by atoms with Gasteiger partial charge in [0.05, 0.1) is 10.5 Å². The smallest absolute Gasteiger partial charge is 0.316 e. The zero-order valence-corrected chi connectivity index (χ0v) is 23.2. The van der Waals surface area contributed by atoms with Crippen LogP contribution in [0.25, 0.3) is 17.5 Å². The second-order valence-corrected chi connectivity index (χ2v) is 10.7. The molecule has 0 radical (unpaired) electrons. The van der Waals surface area contributed by atoms with E-state index in [0.717, 1.165) is 46.9 Å². The lowest BCUT2D eigenvalue weighted by molar-refractivity contribution is -0.120. The molecule has 39 heavy (non-hydrogen) atoms. The van der Waals surface area contributed by atoms with Crippen LogP contribution in [-0.4, -0.2) is 45.2 Å². The number of anilines is 2. The van der Waals surface area contributed by atoms with E-state index in [2.05, 4.69) is 51.4 Å². The van der Waals surface area contributed by atoms with Gasteiger partial charge in [0.1, 0.15) is 5.03 Å². The van der Waals surface area contributed by atoms with Gasteiger partial charge in [-0.3, -0.25) is 9.59 Å². The molecule has 8 nitrogen and oxygen atoms in total. The number of aromatic nitrogens is 3. The molecule has 10 heteroatoms. The van der Waals surface area contributed by atoms with Gasteiger partial charge in [-0.2, -0.15) is 0 Å². The van der Waals surface area contributed by atoms with Crippen molar-refractivity contribution in [3.63, 3.8) is 0 Å². The number of carbonyl (C=O) groups is 2. The van der Waals surface area contributed by atoms with Gasteiger partial charge < -0.3 is 14.6 Å². The SMILES string of the molecule is CCN(CC)c1ccc(/C=C2\SC(=O)C(Nc3nnc(-c4cccnc4SCc4ccccc4)o3)C2=O)cc1. The Morgan fingerprint density at radius 2 is 1.77 bits per heavy atom. The summed E-state index contributed by atoms with van der Waals surface area (Å²) in [5.74, 6) is 0.675. The fourth-order valence-corrected chi connectivity index (χ4v) is 5.98. The molecule has 1 fully saturated rings. The van der Waals surface area contributed by atoms with E-state index in [1.165, 1.54) is 5.56 Å². The van der Waals surface area contributed by atoms with E-state index in [4.69, 9.17) is 4.42 Å². The number of hydrogen-bond donors (Lipinski definition) is 1. The van der Waals surface area contributed by atoms with E-state index in [1.807, 2.05) is 48.5 Å². The van der Waals surface area contributed by atoms with Gasteiger partial charge in [0, 0.05) is 30.7 Å². The Bertz CT molecular complexity index is 1480. The van der Waals surface area contributed by atoms with E-state index in [-0.39, 0.29) is 22.8 Å². The van der Waals surface area contributed by atoms with Crippen molar-refractivity contribution >= 4 is 52.2 Å². The summed E-state index contributed by atoms with van der Waals surface area (Å²) in [5, 5.41) is 11.4. The van der Waals surface area contributed by atoms with Gasteiger partial charge in [-0.05, 0) is 67.1 Å². The Labute approximate surface area is 235 Å². The molecule has 2 aromatic carbocycles. The fraction of sp³-hybridized carbons (Fsp3) is 0.207. The summed E-state index contributed by atoms with van der Waals surface area (Å²) in [6, 6.07) is 20.6. The highest BCUT2D eigenvalue weighted by Gasteiger charge is 2.39. The Kier molecular flexibility index (Phi) is 8.43. The zero-order valence-electron chi connectivity index (χ0n) is 21.5. The summed E-state index contributed by atoms with van der Waals surface area (Å²) < 4.78 is 5.81. The topological polar surface area (TPSA) is 101 Å². The van der Waals surface area contributed by atoms with Crippen molar-refractivity contribution in [2.75, 3.05) is 23.3 Å². The Balaban J connectivity index is 1.27. The van der Waals surface area contributed by atoms with Crippen molar-refractivity contribution in [2.45, 2.75) is 30.7 Å². The first-order valence-electron chi connectivity index (χ1n) is 12.6. The quantitative estimate of drug-likeness (QED) is 0.143. The molecule has 1 N–H and O–H groups in total. The predicted octanol–water partition coefficient (Wildman–Crippen LogP) is 5.93. The summed E-state index contributed by atoms with van der Waals surface area (Å²) in [4.78, 5) is 32.8. The molecule has 4 aromatic rings. The third-order valence-electron chi connectivity index (χ3n) is 6.18. The molecule has 1 atom stereocenters. The summed E-state index contributed by atoms with van der Waals surface area (Å²) >= 11 is 2.48. The van der Waals surface area contributed by atoms with Crippen LogP contribution in [0.4, 0.5) is 11.7 Å². The molecule has 1 aliphatic rings. The Morgan fingerprint density at radius 1 is 1.00 bits per heavy atom. The number of benzene rings is 2. The van der Waals surface area contributed by atoms with Crippen molar-refractivity contribution in [1.29, 1.82) is 0 Å². The number of nitrogens with one attached hydrogen (secondary N) is 1. The number of thioether (sulfide) groups is 2. The van der Waals surface area contributed by atoms with E-state index in [1.54, 1.807) is 30.1 Å². The number of Topliss-reactive ketones (excluding diaryl/α,β-unsaturated/α-hetero) is 1. The number of rotatable bonds is 10. The number of hydrogen-bond acceptors (Lipinski definition) is 10. The van der Waals surface area contributed by atoms with Crippen LogP contribution in [0.3, 0.4) is 0 Å². The first-order valence-corrected chi connectivity index (χ1v) is 14.4. The van der Waals surface area contributed by atoms with Crippen LogP contribution in [-0.2, 0) is 15.3 Å². The number of carbonyl (C=O) groups excluding carboxylic acids is 2. The largest absolute Gasteiger partial charge is 0.403 e. The van der Waals surface area contributed by atoms with E-state index < -0.39 is 6.04 Å². The molecule has 1 unspecified atom stereocenters. The highest BCUT2D eigenvalue weighted by atomic mass is 32.2. The van der Waals surface area contributed by atoms with Crippen molar-refractivity contribution in [3.05, 3.63) is 89.0 Å². The summed E-state index contributed by atoms with van der Waals surface area (Å²) in [5.41, 5.74) is 3.83. The molecule has 0 amide bonds. The molecular formula is C29H27N5O3S2. The third-order valence-corrected chi connectivity index (χ3v) is 8.24. The van der Waals surface area contributed by atoms with Gasteiger partial charge in [-0.25, -0.2) is 4.98 Å². The molecule has 1 saturated heterocycles. The maximum atomic E-state index is 13.1. The van der Waals surface area contributed by atoms with Crippen molar-refractivity contribution < 1.29 is 14.0 Å². The van der Waals surface area contributed by atoms with Crippen LogP contribution in [0.1, 0.15) is 25.0 Å². The van der Waals surface area contributed by atoms with E-state index in [9.17, 15) is 9.59 Å². The van der Waals surface area contributed by atoms with E-state index in [0.29, 0.717) is 10.5 Å². The fourth-order valence-electron chi connectivity index (χ4n) is 4.12. The first-order chi connectivity index (χ1) is 19.1. The highest BCUT2D eigenvalue weighted by molar-refractivity contribution is 8.18. The van der Waals surface area contributed by atoms with Crippen LogP contribution >= 0.6 is 23.5 Å². The minimum absolute atomic E-state index is 0.00462. The summed E-state index contributed by atoms with van der Waals surface area (Å²) in [7, 11) is 0. The van der Waals surface area contributed by atoms with Gasteiger partial charge >= 0.3 is 6.01 Å². The molecule has 0 spiro atoms. The lowest BCUT2D eigenvalue weighted by Crippen LogP contribution is -2.30. The third kappa shape index (κ3) is 6.23. The molecule has 3 heterocycles. The summed E-state index contributed by atoms with van der Waals surface area (Å²) in [6.07, 6.45) is 3.45. The predicted molar refractivity (Wildman–Crippen MR) is 157 cm³/mol. The Hall–Kier alpha value is -3.89. The van der Waals surface area contributed by atoms with Gasteiger partial charge in [-0.15, -0.1) is 16.9 Å². The highest BCUT2D eigenvalue weighted by Crippen LogP contribution is 2.35. The normalized spacial score (nSPS) is 16.2. The lowest BCUT2D eigenvalue weighted by Gasteiger charge is -2.20. The monoisotopic (exact) mass is 557 g/mol.